The van der Waals surface area contributed by atoms with Gasteiger partial charge in [0.2, 0.25) is 17.6 Å². The molecule has 0 aliphatic rings. The number of amides is 1. The van der Waals surface area contributed by atoms with Crippen molar-refractivity contribution < 1.29 is 14.2 Å². The van der Waals surface area contributed by atoms with Gasteiger partial charge >= 0.3 is 0 Å². The molecule has 0 saturated carbocycles. The second kappa shape index (κ2) is 8.28. The second-order valence-electron chi connectivity index (χ2n) is 7.93. The van der Waals surface area contributed by atoms with Gasteiger partial charge in [0.05, 0.1) is 4.92 Å². The number of nitro benzene ring substituents is 1. The quantitative estimate of drug-likeness (QED) is 0.572. The summed E-state index contributed by atoms with van der Waals surface area (Å²) < 4.78 is 5.40. The summed E-state index contributed by atoms with van der Waals surface area (Å²) in [6.45, 7) is 10.1. The predicted octanol–water partition coefficient (Wildman–Crippen LogP) is 4.28. The molecular formula is C19H26N4O4. The fraction of sp³-hybridized carbons (Fsp3) is 0.526. The summed E-state index contributed by atoms with van der Waals surface area (Å²) >= 11 is 0. The maximum atomic E-state index is 12.4. The molecule has 0 saturated heterocycles. The van der Waals surface area contributed by atoms with Crippen molar-refractivity contribution in [1.82, 2.24) is 15.5 Å². The van der Waals surface area contributed by atoms with Gasteiger partial charge in [0.1, 0.15) is 6.04 Å². The zero-order valence-corrected chi connectivity index (χ0v) is 16.4. The minimum absolute atomic E-state index is 0.00519. The number of carbonyl (C=O) groups is 1. The van der Waals surface area contributed by atoms with E-state index in [1.807, 2.05) is 34.6 Å². The SMILES string of the molecule is CC[C@H](C)[C@@H](NC(=O)CC(C)(C)C)c1nc(-c2ccc([N+](=O)[O-])cc2)no1. The van der Waals surface area contributed by atoms with E-state index in [9.17, 15) is 14.9 Å². The molecule has 0 spiro atoms. The Kier molecular flexibility index (Phi) is 6.30. The molecule has 0 fully saturated rings. The van der Waals surface area contributed by atoms with Gasteiger partial charge in [-0.1, -0.05) is 46.2 Å². The lowest BCUT2D eigenvalue weighted by Crippen LogP contribution is -2.34. The summed E-state index contributed by atoms with van der Waals surface area (Å²) in [6, 6.07) is 5.54. The Bertz CT molecular complexity index is 793. The number of nitrogens with one attached hydrogen (secondary N) is 1. The fourth-order valence-corrected chi connectivity index (χ4v) is 2.60. The summed E-state index contributed by atoms with van der Waals surface area (Å²) in [5.41, 5.74) is 0.483. The molecule has 1 N–H and O–H groups in total. The van der Waals surface area contributed by atoms with Crippen LogP contribution in [0, 0.1) is 21.4 Å². The molecule has 1 amide bonds. The van der Waals surface area contributed by atoms with Gasteiger partial charge < -0.3 is 9.84 Å². The van der Waals surface area contributed by atoms with Gasteiger partial charge in [-0.15, -0.1) is 0 Å². The number of rotatable bonds is 7. The summed E-state index contributed by atoms with van der Waals surface area (Å²) in [7, 11) is 0. The van der Waals surface area contributed by atoms with Crippen LogP contribution >= 0.6 is 0 Å². The van der Waals surface area contributed by atoms with E-state index < -0.39 is 4.92 Å². The highest BCUT2D eigenvalue weighted by Gasteiger charge is 2.28. The first-order valence-electron chi connectivity index (χ1n) is 8.98. The Morgan fingerprint density at radius 3 is 2.44 bits per heavy atom. The summed E-state index contributed by atoms with van der Waals surface area (Å²) in [5.74, 6) is 0.709. The lowest BCUT2D eigenvalue weighted by Gasteiger charge is -2.23. The van der Waals surface area contributed by atoms with Crippen molar-refractivity contribution in [3.05, 3.63) is 40.3 Å². The van der Waals surface area contributed by atoms with E-state index in [0.717, 1.165) is 6.42 Å². The monoisotopic (exact) mass is 374 g/mol. The van der Waals surface area contributed by atoms with Crippen LogP contribution in [0.15, 0.2) is 28.8 Å². The predicted molar refractivity (Wildman–Crippen MR) is 101 cm³/mol. The Labute approximate surface area is 158 Å². The molecule has 0 aliphatic carbocycles. The van der Waals surface area contributed by atoms with Crippen LogP contribution in [-0.2, 0) is 4.79 Å². The number of nitrogens with zero attached hydrogens (tertiary/aromatic N) is 3. The molecule has 0 unspecified atom stereocenters. The van der Waals surface area contributed by atoms with E-state index in [1.165, 1.54) is 12.1 Å². The molecule has 8 heteroatoms. The van der Waals surface area contributed by atoms with Crippen LogP contribution < -0.4 is 5.32 Å². The lowest BCUT2D eigenvalue weighted by atomic mass is 9.91. The first-order valence-corrected chi connectivity index (χ1v) is 8.98. The molecule has 0 bridgehead atoms. The minimum Gasteiger partial charge on any atom is -0.344 e. The van der Waals surface area contributed by atoms with Crippen LogP contribution in [0.1, 0.15) is 59.4 Å². The molecule has 2 rings (SSSR count). The average molecular weight is 374 g/mol. The number of carbonyl (C=O) groups excluding carboxylic acids is 1. The maximum Gasteiger partial charge on any atom is 0.269 e. The van der Waals surface area contributed by atoms with Gasteiger partial charge in [0.25, 0.3) is 5.69 Å². The third-order valence-corrected chi connectivity index (χ3v) is 4.26. The van der Waals surface area contributed by atoms with E-state index >= 15 is 0 Å². The van der Waals surface area contributed by atoms with E-state index in [1.54, 1.807) is 12.1 Å². The van der Waals surface area contributed by atoms with E-state index in [2.05, 4.69) is 15.5 Å². The molecule has 146 valence electrons. The van der Waals surface area contributed by atoms with Gasteiger partial charge in [-0.05, 0) is 23.5 Å². The topological polar surface area (TPSA) is 111 Å². The number of hydrogen-bond acceptors (Lipinski definition) is 6. The van der Waals surface area contributed by atoms with Gasteiger partial charge in [-0.2, -0.15) is 4.98 Å². The maximum absolute atomic E-state index is 12.4. The third-order valence-electron chi connectivity index (χ3n) is 4.26. The van der Waals surface area contributed by atoms with Gasteiger partial charge in [-0.3, -0.25) is 14.9 Å². The molecule has 1 aromatic carbocycles. The highest BCUT2D eigenvalue weighted by Crippen LogP contribution is 2.27. The molecule has 0 radical (unpaired) electrons. The van der Waals surface area contributed by atoms with Gasteiger partial charge in [0, 0.05) is 24.1 Å². The first-order chi connectivity index (χ1) is 12.6. The van der Waals surface area contributed by atoms with Crippen LogP contribution in [0.5, 0.6) is 0 Å². The van der Waals surface area contributed by atoms with Crippen LogP contribution in [0.4, 0.5) is 5.69 Å². The van der Waals surface area contributed by atoms with Crippen LogP contribution in [0.3, 0.4) is 0 Å². The van der Waals surface area contributed by atoms with Crippen molar-refractivity contribution in [3.8, 4) is 11.4 Å². The molecule has 1 heterocycles. The smallest absolute Gasteiger partial charge is 0.269 e. The molecule has 2 atom stereocenters. The lowest BCUT2D eigenvalue weighted by molar-refractivity contribution is -0.384. The molecule has 2 aromatic rings. The normalized spacial score (nSPS) is 13.8. The highest BCUT2D eigenvalue weighted by atomic mass is 16.6. The largest absolute Gasteiger partial charge is 0.344 e. The average Bonchev–Trinajstić information content (AvgIpc) is 3.07. The number of nitro groups is 1. The summed E-state index contributed by atoms with van der Waals surface area (Å²) in [4.78, 5) is 27.1. The number of non-ortho nitro benzene ring substituents is 1. The van der Waals surface area contributed by atoms with Crippen molar-refractivity contribution in [3.63, 3.8) is 0 Å². The minimum atomic E-state index is -0.463. The van der Waals surface area contributed by atoms with E-state index in [0.29, 0.717) is 23.7 Å². The summed E-state index contributed by atoms with van der Waals surface area (Å²) in [6.07, 6.45) is 1.22. The molecule has 1 aromatic heterocycles. The van der Waals surface area contributed by atoms with Gasteiger partial charge in [-0.25, -0.2) is 0 Å². The first kappa shape index (κ1) is 20.5. The van der Waals surface area contributed by atoms with Crippen molar-refractivity contribution in [2.45, 2.75) is 53.5 Å². The second-order valence-corrected chi connectivity index (χ2v) is 7.93. The third kappa shape index (κ3) is 5.60. The number of aromatic nitrogens is 2. The molecule has 27 heavy (non-hydrogen) atoms. The molecule has 8 nitrogen and oxygen atoms in total. The van der Waals surface area contributed by atoms with Crippen molar-refractivity contribution in [1.29, 1.82) is 0 Å². The standard InChI is InChI=1S/C19H26N4O4/c1-6-12(2)16(20-15(24)11-19(3,4)5)18-21-17(22-27-18)13-7-9-14(10-8-13)23(25)26/h7-10,12,16H,6,11H2,1-5H3,(H,20,24)/t12-,16+/m0/s1. The Balaban J connectivity index is 2.22. The van der Waals surface area contributed by atoms with E-state index in [4.69, 9.17) is 4.52 Å². The fourth-order valence-electron chi connectivity index (χ4n) is 2.60. The molecule has 0 aliphatic heterocycles. The van der Waals surface area contributed by atoms with Crippen LogP contribution in [0.2, 0.25) is 0 Å². The van der Waals surface area contributed by atoms with Crippen LogP contribution in [-0.4, -0.2) is 21.0 Å². The Hall–Kier alpha value is -2.77. The van der Waals surface area contributed by atoms with Crippen molar-refractivity contribution in [2.75, 3.05) is 0 Å². The van der Waals surface area contributed by atoms with Gasteiger partial charge in [0.15, 0.2) is 0 Å². The zero-order valence-electron chi connectivity index (χ0n) is 16.4. The van der Waals surface area contributed by atoms with Crippen molar-refractivity contribution in [2.24, 2.45) is 11.3 Å². The zero-order chi connectivity index (χ0) is 20.2. The summed E-state index contributed by atoms with van der Waals surface area (Å²) in [5, 5.41) is 17.7. The van der Waals surface area contributed by atoms with Crippen molar-refractivity contribution >= 4 is 11.6 Å². The van der Waals surface area contributed by atoms with E-state index in [-0.39, 0.29) is 29.0 Å². The molecular weight excluding hydrogens is 348 g/mol. The highest BCUT2D eigenvalue weighted by molar-refractivity contribution is 5.77. The Morgan fingerprint density at radius 2 is 1.93 bits per heavy atom. The Morgan fingerprint density at radius 1 is 1.30 bits per heavy atom. The number of hydrogen-bond donors (Lipinski definition) is 1. The van der Waals surface area contributed by atoms with Crippen LogP contribution in [0.25, 0.3) is 11.4 Å². The number of benzene rings is 1.